The maximum atomic E-state index is 14.2. The Morgan fingerprint density at radius 1 is 1.12 bits per heavy atom. The van der Waals surface area contributed by atoms with Gasteiger partial charge in [0.25, 0.3) is 0 Å². The molecule has 2 N–H and O–H groups in total. The molecule has 0 aliphatic carbocycles. The lowest BCUT2D eigenvalue weighted by atomic mass is 10.0. The summed E-state index contributed by atoms with van der Waals surface area (Å²) in [5.74, 6) is 0.950. The van der Waals surface area contributed by atoms with Crippen LogP contribution in [0.2, 0.25) is 0 Å². The first-order chi connectivity index (χ1) is 15.7. The molecule has 33 heavy (non-hydrogen) atoms. The van der Waals surface area contributed by atoms with Crippen LogP contribution in [-0.2, 0) is 0 Å². The molecule has 1 aliphatic heterocycles. The molecule has 0 unspecified atom stereocenters. The van der Waals surface area contributed by atoms with Crippen molar-refractivity contribution in [3.05, 3.63) is 54.2 Å². The number of pyridine rings is 2. The van der Waals surface area contributed by atoms with Gasteiger partial charge in [-0.1, -0.05) is 24.3 Å². The summed E-state index contributed by atoms with van der Waals surface area (Å²) in [6, 6.07) is 10.4. The minimum atomic E-state index is -4.46. The number of hydrogen-bond donors (Lipinski definition) is 1. The predicted octanol–water partition coefficient (Wildman–Crippen LogP) is 3.98. The van der Waals surface area contributed by atoms with Crippen molar-refractivity contribution in [1.82, 2.24) is 24.5 Å². The van der Waals surface area contributed by atoms with Gasteiger partial charge in [-0.3, -0.25) is 9.30 Å². The molecule has 0 amide bonds. The number of benzene rings is 1. The number of likely N-dealkylation sites (tertiary alicyclic amines) is 1. The average molecular weight is 456 g/mol. The first kappa shape index (κ1) is 21.6. The van der Waals surface area contributed by atoms with Crippen LogP contribution in [0.4, 0.5) is 13.2 Å². The Balaban J connectivity index is 1.61. The molecule has 3 aromatic heterocycles. The van der Waals surface area contributed by atoms with Crippen molar-refractivity contribution in [2.45, 2.75) is 31.1 Å². The summed E-state index contributed by atoms with van der Waals surface area (Å²) in [5, 5.41) is 9.21. The van der Waals surface area contributed by atoms with Gasteiger partial charge in [0, 0.05) is 30.2 Å². The minimum Gasteiger partial charge on any atom is -0.494 e. The fourth-order valence-electron chi connectivity index (χ4n) is 4.50. The maximum absolute atomic E-state index is 14.2. The van der Waals surface area contributed by atoms with Crippen LogP contribution in [0, 0.1) is 0 Å². The number of fused-ring (bicyclic) bond motifs is 2. The zero-order valence-electron chi connectivity index (χ0n) is 18.2. The van der Waals surface area contributed by atoms with E-state index < -0.39 is 17.8 Å². The first-order valence-electron chi connectivity index (χ1n) is 10.5. The second kappa shape index (κ2) is 7.67. The number of alkyl halides is 3. The molecule has 1 aromatic carbocycles. The van der Waals surface area contributed by atoms with E-state index in [4.69, 9.17) is 10.5 Å². The van der Waals surface area contributed by atoms with Crippen molar-refractivity contribution in [3.63, 3.8) is 0 Å². The Hall–Kier alpha value is -3.24. The number of methoxy groups -OCH3 is 1. The molecule has 1 aliphatic rings. The third-order valence-corrected chi connectivity index (χ3v) is 6.08. The van der Waals surface area contributed by atoms with Crippen molar-refractivity contribution in [3.8, 4) is 17.3 Å². The summed E-state index contributed by atoms with van der Waals surface area (Å²) in [6.45, 7) is 2.22. The molecule has 2 atom stereocenters. The molecular formula is C23H23F3N6O. The van der Waals surface area contributed by atoms with E-state index >= 15 is 0 Å². The Labute approximate surface area is 188 Å². The highest BCUT2D eigenvalue weighted by Gasteiger charge is 2.48. The van der Waals surface area contributed by atoms with Crippen LogP contribution < -0.4 is 10.5 Å². The standard InChI is InChI=1S/C23H23F3N6O/c1-22(27)10-11-31(13-22)20(23(24,25)26)15-7-9-18-29-30-21(32(18)12-15)16-8-6-14-4-3-5-17(33-2)19(14)28-16/h3-9,12,20H,10-11,13,27H2,1-2H3/t20-,22+/m1/s1. The van der Waals surface area contributed by atoms with Gasteiger partial charge >= 0.3 is 6.18 Å². The summed E-state index contributed by atoms with van der Waals surface area (Å²) < 4.78 is 49.5. The Morgan fingerprint density at radius 3 is 2.64 bits per heavy atom. The van der Waals surface area contributed by atoms with E-state index in [0.29, 0.717) is 34.9 Å². The van der Waals surface area contributed by atoms with Crippen LogP contribution in [0.5, 0.6) is 5.75 Å². The molecule has 172 valence electrons. The molecule has 1 saturated heterocycles. The van der Waals surface area contributed by atoms with Crippen LogP contribution in [0.1, 0.15) is 24.9 Å². The topological polar surface area (TPSA) is 81.6 Å². The van der Waals surface area contributed by atoms with E-state index in [2.05, 4.69) is 15.2 Å². The van der Waals surface area contributed by atoms with Gasteiger partial charge in [0.05, 0.1) is 7.11 Å². The zero-order chi connectivity index (χ0) is 23.4. The third kappa shape index (κ3) is 3.89. The number of nitrogens with zero attached hydrogens (tertiary/aromatic N) is 5. The average Bonchev–Trinajstić information content (AvgIpc) is 3.34. The minimum absolute atomic E-state index is 0.104. The largest absolute Gasteiger partial charge is 0.494 e. The summed E-state index contributed by atoms with van der Waals surface area (Å²) in [6.07, 6.45) is -2.51. The molecule has 10 heteroatoms. The van der Waals surface area contributed by atoms with Crippen molar-refractivity contribution >= 4 is 16.6 Å². The summed E-state index contributed by atoms with van der Waals surface area (Å²) in [5.41, 5.74) is 7.12. The smallest absolute Gasteiger partial charge is 0.408 e. The SMILES string of the molecule is COc1cccc2ccc(-c3nnc4ccc([C@@H](N5CC[C@](C)(N)C5)C(F)(F)F)cn34)nc12. The maximum Gasteiger partial charge on any atom is 0.408 e. The fourth-order valence-corrected chi connectivity index (χ4v) is 4.50. The monoisotopic (exact) mass is 456 g/mol. The number of para-hydroxylation sites is 1. The van der Waals surface area contributed by atoms with Crippen molar-refractivity contribution < 1.29 is 17.9 Å². The van der Waals surface area contributed by atoms with E-state index in [9.17, 15) is 13.2 Å². The normalized spacial score (nSPS) is 20.5. The van der Waals surface area contributed by atoms with Gasteiger partial charge in [0.15, 0.2) is 11.5 Å². The van der Waals surface area contributed by atoms with Crippen LogP contribution in [0.15, 0.2) is 48.7 Å². The predicted molar refractivity (Wildman–Crippen MR) is 118 cm³/mol. The van der Waals surface area contributed by atoms with Crippen molar-refractivity contribution in [2.24, 2.45) is 5.73 Å². The van der Waals surface area contributed by atoms with E-state index in [-0.39, 0.29) is 18.7 Å². The zero-order valence-corrected chi connectivity index (χ0v) is 18.2. The van der Waals surface area contributed by atoms with Crippen LogP contribution in [-0.4, -0.2) is 56.4 Å². The van der Waals surface area contributed by atoms with Gasteiger partial charge in [0.2, 0.25) is 0 Å². The molecule has 0 spiro atoms. The van der Waals surface area contributed by atoms with Gasteiger partial charge < -0.3 is 10.5 Å². The fraction of sp³-hybridized carbons (Fsp3) is 0.348. The highest BCUT2D eigenvalue weighted by Crippen LogP contribution is 2.41. The van der Waals surface area contributed by atoms with Crippen molar-refractivity contribution in [2.75, 3.05) is 20.2 Å². The molecular weight excluding hydrogens is 433 g/mol. The van der Waals surface area contributed by atoms with E-state index in [0.717, 1.165) is 5.39 Å². The highest BCUT2D eigenvalue weighted by molar-refractivity contribution is 5.86. The number of aromatic nitrogens is 4. The Morgan fingerprint density at radius 2 is 1.94 bits per heavy atom. The first-order valence-corrected chi connectivity index (χ1v) is 10.5. The second-order valence-corrected chi connectivity index (χ2v) is 8.76. The second-order valence-electron chi connectivity index (χ2n) is 8.76. The van der Waals surface area contributed by atoms with Gasteiger partial charge in [-0.2, -0.15) is 13.2 Å². The van der Waals surface area contributed by atoms with Crippen LogP contribution >= 0.6 is 0 Å². The van der Waals surface area contributed by atoms with Crippen LogP contribution in [0.3, 0.4) is 0 Å². The quantitative estimate of drug-likeness (QED) is 0.500. The number of nitrogens with two attached hydrogens (primary N) is 1. The molecule has 7 nitrogen and oxygen atoms in total. The van der Waals surface area contributed by atoms with Gasteiger partial charge in [-0.05, 0) is 37.1 Å². The summed E-state index contributed by atoms with van der Waals surface area (Å²) in [7, 11) is 1.56. The lowest BCUT2D eigenvalue weighted by Gasteiger charge is -2.31. The van der Waals surface area contributed by atoms with Crippen molar-refractivity contribution in [1.29, 1.82) is 0 Å². The number of hydrogen-bond acceptors (Lipinski definition) is 6. The van der Waals surface area contributed by atoms with Gasteiger partial charge in [0.1, 0.15) is 23.0 Å². The van der Waals surface area contributed by atoms with Gasteiger partial charge in [-0.25, -0.2) is 4.98 Å². The molecule has 0 radical (unpaired) electrons. The van der Waals surface area contributed by atoms with Crippen LogP contribution in [0.25, 0.3) is 28.1 Å². The molecule has 1 fully saturated rings. The molecule has 4 aromatic rings. The summed E-state index contributed by atoms with van der Waals surface area (Å²) in [4.78, 5) is 6.05. The van der Waals surface area contributed by atoms with E-state index in [1.807, 2.05) is 18.2 Å². The molecule has 0 bridgehead atoms. The number of halogens is 3. The van der Waals surface area contributed by atoms with Gasteiger partial charge in [-0.15, -0.1) is 10.2 Å². The Bertz CT molecular complexity index is 1330. The highest BCUT2D eigenvalue weighted by atomic mass is 19.4. The Kier molecular flexibility index (Phi) is 5.02. The molecule has 4 heterocycles. The third-order valence-electron chi connectivity index (χ3n) is 6.08. The number of rotatable bonds is 4. The lowest BCUT2D eigenvalue weighted by molar-refractivity contribution is -0.184. The molecule has 5 rings (SSSR count). The van der Waals surface area contributed by atoms with E-state index in [1.54, 1.807) is 36.6 Å². The van der Waals surface area contributed by atoms with E-state index in [1.165, 1.54) is 17.2 Å². The summed E-state index contributed by atoms with van der Waals surface area (Å²) >= 11 is 0. The lowest BCUT2D eigenvalue weighted by Crippen LogP contribution is -2.43. The molecule has 0 saturated carbocycles. The number of ether oxygens (including phenoxy) is 1.